The fourth-order valence-corrected chi connectivity index (χ4v) is 3.44. The molecule has 0 unspecified atom stereocenters. The number of nitrogens with one attached hydrogen (secondary N) is 1. The second-order valence-electron chi connectivity index (χ2n) is 7.59. The monoisotopic (exact) mass is 457 g/mol. The Morgan fingerprint density at radius 3 is 2.28 bits per heavy atom. The molecular weight excluding hydrogens is 430 g/mol. The summed E-state index contributed by atoms with van der Waals surface area (Å²) in [5, 5.41) is 7.50. The van der Waals surface area contributed by atoms with Gasteiger partial charge in [-0.05, 0) is 55.7 Å². The number of nitrogens with zero attached hydrogens (tertiary/aromatic N) is 1. The van der Waals surface area contributed by atoms with Crippen LogP contribution in [0.1, 0.15) is 37.0 Å². The average Bonchev–Trinajstić information content (AvgIpc) is 3.08. The van der Waals surface area contributed by atoms with Crippen molar-refractivity contribution in [3.63, 3.8) is 0 Å². The number of amides is 1. The van der Waals surface area contributed by atoms with Crippen LogP contribution < -0.4 is 10.6 Å². The molecule has 8 heteroatoms. The van der Waals surface area contributed by atoms with E-state index in [1.54, 1.807) is 36.3 Å². The van der Waals surface area contributed by atoms with Crippen LogP contribution in [-0.4, -0.2) is 37.5 Å². The number of aryl methyl sites for hydroxylation is 1. The lowest BCUT2D eigenvalue weighted by Crippen LogP contribution is -2.26. The Bertz CT molecular complexity index is 1010. The number of hydrogen-bond donors (Lipinski definition) is 2. The minimum absolute atomic E-state index is 0. The minimum atomic E-state index is -0.221. The number of carbonyl (C=O) groups is 2. The van der Waals surface area contributed by atoms with Gasteiger partial charge in [0.15, 0.2) is 0 Å². The van der Waals surface area contributed by atoms with Gasteiger partial charge in [0.25, 0.3) is 5.91 Å². The molecule has 3 N–H and O–H groups in total. The highest BCUT2D eigenvalue weighted by Gasteiger charge is 2.33. The Hall–Kier alpha value is -3.32. The smallest absolute Gasteiger partial charge is 0.306 e. The lowest BCUT2D eigenvalue weighted by Gasteiger charge is -2.17. The predicted octanol–water partition coefficient (Wildman–Crippen LogP) is 3.68. The van der Waals surface area contributed by atoms with Crippen molar-refractivity contribution in [2.45, 2.75) is 32.8 Å². The molecule has 7 nitrogen and oxygen atoms in total. The standard InChI is InChI=1S/C24H27N3O4.ClH/c1-15(2)31-21(28)13-6-16-4-7-17(8-5-16)22-20(30-3)14-27(24(22)29)19-11-9-18(10-12-19)23(25)26;/h4-5,7-12,15H,6,13-14H2,1-3H3,(H3,25,26);1H. The number of esters is 1. The maximum absolute atomic E-state index is 13.2. The van der Waals surface area contributed by atoms with Crippen molar-refractivity contribution >= 4 is 41.4 Å². The summed E-state index contributed by atoms with van der Waals surface area (Å²) in [4.78, 5) is 26.5. The summed E-state index contributed by atoms with van der Waals surface area (Å²) in [6, 6.07) is 14.5. The molecule has 0 aliphatic carbocycles. The molecule has 1 aliphatic heterocycles. The zero-order chi connectivity index (χ0) is 22.5. The van der Waals surface area contributed by atoms with E-state index in [4.69, 9.17) is 20.6 Å². The minimum Gasteiger partial charge on any atom is -0.498 e. The molecule has 1 aliphatic rings. The van der Waals surface area contributed by atoms with Gasteiger partial charge < -0.3 is 20.1 Å². The Labute approximate surface area is 194 Å². The molecule has 32 heavy (non-hydrogen) atoms. The first-order chi connectivity index (χ1) is 14.8. The number of ether oxygens (including phenoxy) is 2. The number of benzene rings is 2. The number of hydrogen-bond acceptors (Lipinski definition) is 5. The SMILES string of the molecule is COC1=C(c2ccc(CCC(=O)OC(C)C)cc2)C(=O)N(c2ccc(C(=N)N)cc2)C1.Cl. The maximum Gasteiger partial charge on any atom is 0.306 e. The van der Waals surface area contributed by atoms with Gasteiger partial charge in [0, 0.05) is 17.7 Å². The van der Waals surface area contributed by atoms with Crippen LogP contribution in [0.4, 0.5) is 5.69 Å². The summed E-state index contributed by atoms with van der Waals surface area (Å²) in [5.74, 6) is 0.198. The van der Waals surface area contributed by atoms with Crippen molar-refractivity contribution < 1.29 is 19.1 Å². The van der Waals surface area contributed by atoms with E-state index in [0.717, 1.165) is 11.1 Å². The number of halogens is 1. The van der Waals surface area contributed by atoms with Gasteiger partial charge in [-0.15, -0.1) is 12.4 Å². The third-order valence-electron chi connectivity index (χ3n) is 5.00. The summed E-state index contributed by atoms with van der Waals surface area (Å²) < 4.78 is 10.7. The van der Waals surface area contributed by atoms with Crippen molar-refractivity contribution in [3.05, 3.63) is 71.0 Å². The van der Waals surface area contributed by atoms with Crippen molar-refractivity contribution in [1.29, 1.82) is 5.41 Å². The number of carbonyl (C=O) groups excluding carboxylic acids is 2. The van der Waals surface area contributed by atoms with Gasteiger partial charge in [-0.3, -0.25) is 15.0 Å². The van der Waals surface area contributed by atoms with Crippen molar-refractivity contribution in [1.82, 2.24) is 0 Å². The third kappa shape index (κ3) is 5.68. The van der Waals surface area contributed by atoms with Gasteiger partial charge >= 0.3 is 5.97 Å². The molecule has 0 radical (unpaired) electrons. The average molecular weight is 458 g/mol. The third-order valence-corrected chi connectivity index (χ3v) is 5.00. The first-order valence-electron chi connectivity index (χ1n) is 10.1. The molecule has 0 saturated carbocycles. The van der Waals surface area contributed by atoms with E-state index in [9.17, 15) is 9.59 Å². The molecule has 0 aromatic heterocycles. The predicted molar refractivity (Wildman–Crippen MR) is 127 cm³/mol. The lowest BCUT2D eigenvalue weighted by molar-refractivity contribution is -0.147. The van der Waals surface area contributed by atoms with E-state index >= 15 is 0 Å². The van der Waals surface area contributed by atoms with Crippen LogP contribution in [0, 0.1) is 5.41 Å². The highest BCUT2D eigenvalue weighted by atomic mass is 35.5. The number of rotatable bonds is 8. The molecule has 0 bridgehead atoms. The normalized spacial score (nSPS) is 13.2. The fourth-order valence-electron chi connectivity index (χ4n) is 3.44. The molecule has 0 spiro atoms. The van der Waals surface area contributed by atoms with Gasteiger partial charge in [-0.1, -0.05) is 24.3 Å². The van der Waals surface area contributed by atoms with Crippen molar-refractivity contribution in [2.24, 2.45) is 5.73 Å². The Balaban J connectivity index is 0.00000363. The topological polar surface area (TPSA) is 106 Å². The van der Waals surface area contributed by atoms with Gasteiger partial charge in [-0.25, -0.2) is 0 Å². The largest absolute Gasteiger partial charge is 0.498 e. The van der Waals surface area contributed by atoms with Crippen molar-refractivity contribution in [3.8, 4) is 0 Å². The first kappa shape index (κ1) is 24.9. The Kier molecular flexibility index (Phi) is 8.43. The van der Waals surface area contributed by atoms with Crippen LogP contribution in [0.3, 0.4) is 0 Å². The molecule has 0 saturated heterocycles. The highest BCUT2D eigenvalue weighted by molar-refractivity contribution is 6.29. The molecule has 0 atom stereocenters. The molecule has 1 heterocycles. The van der Waals surface area contributed by atoms with Gasteiger partial charge in [-0.2, -0.15) is 0 Å². The van der Waals surface area contributed by atoms with E-state index in [2.05, 4.69) is 0 Å². The summed E-state index contributed by atoms with van der Waals surface area (Å²) in [7, 11) is 1.56. The van der Waals surface area contributed by atoms with E-state index in [1.165, 1.54) is 0 Å². The summed E-state index contributed by atoms with van der Waals surface area (Å²) in [5.41, 5.74) is 9.09. The Morgan fingerprint density at radius 2 is 1.75 bits per heavy atom. The first-order valence-corrected chi connectivity index (χ1v) is 10.1. The van der Waals surface area contributed by atoms with Crippen LogP contribution in [0.5, 0.6) is 0 Å². The number of anilines is 1. The summed E-state index contributed by atoms with van der Waals surface area (Å²) >= 11 is 0. The van der Waals surface area contributed by atoms with Crippen LogP contribution in [0.2, 0.25) is 0 Å². The summed E-state index contributed by atoms with van der Waals surface area (Å²) in [6.07, 6.45) is 0.765. The molecule has 1 amide bonds. The van der Waals surface area contributed by atoms with E-state index in [0.29, 0.717) is 42.0 Å². The summed E-state index contributed by atoms with van der Waals surface area (Å²) in [6.45, 7) is 3.98. The van der Waals surface area contributed by atoms with Gasteiger partial charge in [0.2, 0.25) is 0 Å². The van der Waals surface area contributed by atoms with Crippen molar-refractivity contribution in [2.75, 3.05) is 18.6 Å². The quantitative estimate of drug-likeness (QED) is 0.357. The number of nitrogen functional groups attached to an aromatic ring is 1. The second-order valence-corrected chi connectivity index (χ2v) is 7.59. The zero-order valence-electron chi connectivity index (χ0n) is 18.4. The Morgan fingerprint density at radius 1 is 1.12 bits per heavy atom. The lowest BCUT2D eigenvalue weighted by atomic mass is 10.0. The van der Waals surface area contributed by atoms with Gasteiger partial charge in [0.05, 0.1) is 25.3 Å². The number of amidine groups is 1. The fraction of sp³-hybridized carbons (Fsp3) is 0.292. The van der Waals surface area contributed by atoms with Crippen LogP contribution in [-0.2, 0) is 25.5 Å². The van der Waals surface area contributed by atoms with Crippen LogP contribution >= 0.6 is 12.4 Å². The zero-order valence-corrected chi connectivity index (χ0v) is 19.2. The van der Waals surface area contributed by atoms with E-state index < -0.39 is 0 Å². The van der Waals surface area contributed by atoms with Crippen LogP contribution in [0.25, 0.3) is 5.57 Å². The molecule has 170 valence electrons. The number of methoxy groups -OCH3 is 1. The number of nitrogens with two attached hydrogens (primary N) is 1. The van der Waals surface area contributed by atoms with E-state index in [-0.39, 0.29) is 36.2 Å². The molecule has 2 aromatic carbocycles. The molecule has 3 rings (SSSR count). The van der Waals surface area contributed by atoms with Crippen LogP contribution in [0.15, 0.2) is 54.3 Å². The maximum atomic E-state index is 13.2. The molecule has 2 aromatic rings. The molecular formula is C24H28ClN3O4. The van der Waals surface area contributed by atoms with Gasteiger partial charge in [0.1, 0.15) is 11.6 Å². The second kappa shape index (κ2) is 10.8. The van der Waals surface area contributed by atoms with E-state index in [1.807, 2.05) is 38.1 Å². The highest BCUT2D eigenvalue weighted by Crippen LogP contribution is 2.32. The molecule has 0 fully saturated rings.